The minimum atomic E-state index is -4.80. The second kappa shape index (κ2) is 12.5. The highest BCUT2D eigenvalue weighted by molar-refractivity contribution is 5.76. The standard InChI is InChI=1S/C34H38F3N7O3/c1-20-5-6-23(15-21(20)2)24-7-8-25(27(16-24)44-12-9-22(3)42-44)30(34(35,36)37)47-29-17-28(40-32(38)41-29)43-13-10-33(11-14-43)18-26(39-19-33)31(45)46-4/h5-9,12,15-17,26,30,39H,10-11,13-14,18-19H2,1-4H3,(H2,38,40,41)/t26-,30+/m0/s1. The predicted molar refractivity (Wildman–Crippen MR) is 171 cm³/mol. The van der Waals surface area contributed by atoms with Crippen LogP contribution in [0.3, 0.4) is 0 Å². The molecule has 2 aromatic carbocycles. The Morgan fingerprint density at radius 3 is 2.40 bits per heavy atom. The lowest BCUT2D eigenvalue weighted by molar-refractivity contribution is -0.198. The Hall–Kier alpha value is -4.65. The van der Waals surface area contributed by atoms with Gasteiger partial charge in [0.1, 0.15) is 11.9 Å². The number of aryl methyl sites for hydroxylation is 3. The number of nitrogens with one attached hydrogen (secondary N) is 1. The number of benzene rings is 2. The Balaban J connectivity index is 1.29. The number of nitrogens with two attached hydrogens (primary N) is 1. The average molecular weight is 650 g/mol. The number of nitrogen functional groups attached to an aromatic ring is 1. The number of alkyl halides is 3. The molecule has 2 saturated heterocycles. The summed E-state index contributed by atoms with van der Waals surface area (Å²) in [5.74, 6) is -0.379. The third-order valence-electron chi connectivity index (χ3n) is 9.36. The van der Waals surface area contributed by atoms with E-state index in [1.807, 2.05) is 36.9 Å². The molecular weight excluding hydrogens is 611 g/mol. The first-order chi connectivity index (χ1) is 22.3. The van der Waals surface area contributed by atoms with Crippen molar-refractivity contribution in [3.63, 3.8) is 0 Å². The fraction of sp³-hybridized carbons (Fsp3) is 0.412. The molecule has 0 amide bonds. The van der Waals surface area contributed by atoms with Crippen LogP contribution in [0.1, 0.15) is 47.8 Å². The Morgan fingerprint density at radius 2 is 1.74 bits per heavy atom. The van der Waals surface area contributed by atoms with E-state index in [4.69, 9.17) is 15.2 Å². The summed E-state index contributed by atoms with van der Waals surface area (Å²) >= 11 is 0. The first-order valence-corrected chi connectivity index (χ1v) is 15.5. The van der Waals surface area contributed by atoms with Crippen molar-refractivity contribution in [2.75, 3.05) is 37.4 Å². The number of halogens is 3. The molecule has 47 heavy (non-hydrogen) atoms. The van der Waals surface area contributed by atoms with E-state index in [-0.39, 0.29) is 40.5 Å². The summed E-state index contributed by atoms with van der Waals surface area (Å²) in [6.07, 6.45) is -3.36. The van der Waals surface area contributed by atoms with E-state index in [0.717, 1.165) is 35.1 Å². The van der Waals surface area contributed by atoms with Crippen molar-refractivity contribution in [3.8, 4) is 22.7 Å². The van der Waals surface area contributed by atoms with Crippen molar-refractivity contribution in [1.29, 1.82) is 0 Å². The molecule has 6 rings (SSSR count). The maximum Gasteiger partial charge on any atom is 0.429 e. The number of rotatable bonds is 7. The molecule has 10 nitrogen and oxygen atoms in total. The van der Waals surface area contributed by atoms with E-state index in [0.29, 0.717) is 37.6 Å². The van der Waals surface area contributed by atoms with Crippen molar-refractivity contribution >= 4 is 17.7 Å². The smallest absolute Gasteiger partial charge is 0.429 e. The van der Waals surface area contributed by atoms with Gasteiger partial charge in [0.2, 0.25) is 17.9 Å². The van der Waals surface area contributed by atoms with Gasteiger partial charge in [0.25, 0.3) is 0 Å². The number of nitrogens with zero attached hydrogens (tertiary/aromatic N) is 5. The number of methoxy groups -OCH3 is 1. The van der Waals surface area contributed by atoms with Gasteiger partial charge in [-0.3, -0.25) is 4.79 Å². The monoisotopic (exact) mass is 649 g/mol. The van der Waals surface area contributed by atoms with Gasteiger partial charge in [-0.15, -0.1) is 0 Å². The molecule has 0 unspecified atom stereocenters. The summed E-state index contributed by atoms with van der Waals surface area (Å²) in [5, 5.41) is 7.68. The quantitative estimate of drug-likeness (QED) is 0.245. The molecule has 3 N–H and O–H groups in total. The van der Waals surface area contributed by atoms with Crippen LogP contribution in [0, 0.1) is 26.2 Å². The molecule has 248 valence electrons. The van der Waals surface area contributed by atoms with Crippen molar-refractivity contribution < 1.29 is 27.4 Å². The molecule has 4 aromatic rings. The van der Waals surface area contributed by atoms with Crippen molar-refractivity contribution in [2.45, 2.75) is 58.4 Å². The topological polar surface area (TPSA) is 120 Å². The fourth-order valence-electron chi connectivity index (χ4n) is 6.51. The molecule has 2 atom stereocenters. The average Bonchev–Trinajstić information content (AvgIpc) is 3.66. The number of esters is 1. The normalized spacial score (nSPS) is 18.4. The van der Waals surface area contributed by atoms with Crippen molar-refractivity contribution in [3.05, 3.63) is 77.1 Å². The second-order valence-corrected chi connectivity index (χ2v) is 12.6. The number of hydrogen-bond acceptors (Lipinski definition) is 9. The molecule has 0 saturated carbocycles. The first-order valence-electron chi connectivity index (χ1n) is 15.5. The maximum atomic E-state index is 14.9. The van der Waals surface area contributed by atoms with Crippen molar-refractivity contribution in [1.82, 2.24) is 25.1 Å². The van der Waals surface area contributed by atoms with Gasteiger partial charge < -0.3 is 25.4 Å². The lowest BCUT2D eigenvalue weighted by Crippen LogP contribution is -2.41. The summed E-state index contributed by atoms with van der Waals surface area (Å²) in [5.41, 5.74) is 10.5. The number of carbonyl (C=O) groups is 1. The second-order valence-electron chi connectivity index (χ2n) is 12.6. The molecule has 0 bridgehead atoms. The van der Waals surface area contributed by atoms with Crippen LogP contribution >= 0.6 is 0 Å². The number of hydrogen-bond donors (Lipinski definition) is 2. The van der Waals surface area contributed by atoms with E-state index in [1.165, 1.54) is 23.9 Å². The highest BCUT2D eigenvalue weighted by atomic mass is 19.4. The van der Waals surface area contributed by atoms with Crippen LogP contribution in [0.2, 0.25) is 0 Å². The third kappa shape index (κ3) is 6.76. The van der Waals surface area contributed by atoms with Crippen LogP contribution in [0.25, 0.3) is 16.8 Å². The molecule has 4 heterocycles. The van der Waals surface area contributed by atoms with Gasteiger partial charge in [-0.25, -0.2) is 4.68 Å². The van der Waals surface area contributed by atoms with Gasteiger partial charge in [0, 0.05) is 37.5 Å². The molecule has 1 spiro atoms. The highest BCUT2D eigenvalue weighted by Gasteiger charge is 2.46. The van der Waals surface area contributed by atoms with Crippen LogP contribution in [0.4, 0.5) is 24.9 Å². The summed E-state index contributed by atoms with van der Waals surface area (Å²) in [6, 6.07) is 13.5. The number of aromatic nitrogens is 4. The Bertz CT molecular complexity index is 1780. The zero-order chi connectivity index (χ0) is 33.5. The van der Waals surface area contributed by atoms with Crippen LogP contribution in [-0.2, 0) is 9.53 Å². The molecular formula is C34H38F3N7O3. The molecule has 2 aromatic heterocycles. The lowest BCUT2D eigenvalue weighted by Gasteiger charge is -2.39. The molecule has 13 heteroatoms. The fourth-order valence-corrected chi connectivity index (χ4v) is 6.51. The van der Waals surface area contributed by atoms with Crippen LogP contribution < -0.4 is 20.7 Å². The van der Waals surface area contributed by atoms with E-state index >= 15 is 0 Å². The highest BCUT2D eigenvalue weighted by Crippen LogP contribution is 2.43. The van der Waals surface area contributed by atoms with Gasteiger partial charge >= 0.3 is 12.1 Å². The molecule has 0 aliphatic carbocycles. The third-order valence-corrected chi connectivity index (χ3v) is 9.36. The molecule has 2 fully saturated rings. The Kier molecular flexibility index (Phi) is 8.60. The zero-order valence-corrected chi connectivity index (χ0v) is 26.8. The maximum absolute atomic E-state index is 14.9. The molecule has 2 aliphatic heterocycles. The van der Waals surface area contributed by atoms with E-state index < -0.39 is 12.3 Å². The molecule has 0 radical (unpaired) electrons. The zero-order valence-electron chi connectivity index (χ0n) is 26.8. The van der Waals surface area contributed by atoms with Crippen LogP contribution in [0.15, 0.2) is 54.7 Å². The Morgan fingerprint density at radius 1 is 1.02 bits per heavy atom. The lowest BCUT2D eigenvalue weighted by atomic mass is 9.76. The van der Waals surface area contributed by atoms with Gasteiger partial charge in [0.05, 0.1) is 18.5 Å². The number of piperidine rings is 1. The summed E-state index contributed by atoms with van der Waals surface area (Å²) in [6.45, 7) is 7.62. The number of ether oxygens (including phenoxy) is 2. The first kappa shape index (κ1) is 32.3. The molecule has 2 aliphatic rings. The number of anilines is 2. The summed E-state index contributed by atoms with van der Waals surface area (Å²) in [7, 11) is 1.38. The largest absolute Gasteiger partial charge is 0.468 e. The SMILES string of the molecule is COC(=O)[C@@H]1CC2(CCN(c3cc(O[C@H](c4ccc(-c5ccc(C)c(C)c5)cc4-n4ccc(C)n4)C(F)(F)F)nc(N)n3)CC2)CN1. The number of carbonyl (C=O) groups excluding carboxylic acids is 1. The minimum absolute atomic E-state index is 0.0701. The van der Waals surface area contributed by atoms with Gasteiger partial charge in [-0.1, -0.05) is 30.3 Å². The van der Waals surface area contributed by atoms with Gasteiger partial charge in [-0.05, 0) is 79.8 Å². The van der Waals surface area contributed by atoms with Gasteiger partial charge in [0.15, 0.2) is 0 Å². The minimum Gasteiger partial charge on any atom is -0.468 e. The van der Waals surface area contributed by atoms with Gasteiger partial charge in [-0.2, -0.15) is 28.2 Å². The summed E-state index contributed by atoms with van der Waals surface area (Å²) < 4.78 is 56.6. The van der Waals surface area contributed by atoms with E-state index in [2.05, 4.69) is 20.4 Å². The van der Waals surface area contributed by atoms with E-state index in [1.54, 1.807) is 31.3 Å². The van der Waals surface area contributed by atoms with Crippen LogP contribution in [-0.4, -0.2) is 64.7 Å². The predicted octanol–water partition coefficient (Wildman–Crippen LogP) is 5.64. The summed E-state index contributed by atoms with van der Waals surface area (Å²) in [4.78, 5) is 22.4. The van der Waals surface area contributed by atoms with Crippen LogP contribution in [0.5, 0.6) is 5.88 Å². The van der Waals surface area contributed by atoms with Crippen molar-refractivity contribution in [2.24, 2.45) is 5.41 Å². The Labute approximate surface area is 271 Å². The van der Waals surface area contributed by atoms with E-state index in [9.17, 15) is 18.0 Å².